The average molecular weight is 226 g/mol. The molecule has 2 atom stereocenters. The molecule has 0 heterocycles. The van der Waals surface area contributed by atoms with E-state index in [0.717, 1.165) is 0 Å². The molecule has 2 nitrogen and oxygen atoms in total. The van der Waals surface area contributed by atoms with Crippen molar-refractivity contribution < 1.29 is 10.2 Å². The predicted molar refractivity (Wildman–Crippen MR) is 67.9 cm³/mol. The molecule has 0 amide bonds. The fourth-order valence-corrected chi connectivity index (χ4v) is 1.92. The zero-order valence-electron chi connectivity index (χ0n) is 11.5. The maximum atomic E-state index is 10.00. The zero-order chi connectivity index (χ0) is 13.0. The molecule has 94 valence electrons. The third kappa shape index (κ3) is 8.76. The van der Waals surface area contributed by atoms with E-state index in [2.05, 4.69) is 25.7 Å². The van der Waals surface area contributed by atoms with Crippen LogP contribution in [-0.4, -0.2) is 21.4 Å². The lowest BCUT2D eigenvalue weighted by Crippen LogP contribution is -2.25. The Balaban J connectivity index is 4.37. The first-order chi connectivity index (χ1) is 7.02. The van der Waals surface area contributed by atoms with Crippen molar-refractivity contribution >= 4 is 0 Å². The predicted octanol–water partition coefficient (Wildman–Crippen LogP) is 2.58. The molecule has 2 heteroatoms. The van der Waals surface area contributed by atoms with Crippen LogP contribution in [0.5, 0.6) is 0 Å². The summed E-state index contributed by atoms with van der Waals surface area (Å²) in [7, 11) is 0. The van der Waals surface area contributed by atoms with E-state index in [0.29, 0.717) is 18.8 Å². The minimum Gasteiger partial charge on any atom is -0.390 e. The quantitative estimate of drug-likeness (QED) is 0.723. The van der Waals surface area contributed by atoms with Crippen LogP contribution >= 0.6 is 0 Å². The second kappa shape index (κ2) is 5.70. The van der Waals surface area contributed by atoms with E-state index < -0.39 is 11.2 Å². The fourth-order valence-electron chi connectivity index (χ4n) is 1.92. The summed E-state index contributed by atoms with van der Waals surface area (Å²) >= 11 is 0. The molecule has 2 unspecified atom stereocenters. The van der Waals surface area contributed by atoms with Crippen LogP contribution in [0.25, 0.3) is 0 Å². The van der Waals surface area contributed by atoms with Crippen molar-refractivity contribution in [1.82, 2.24) is 0 Å². The number of rotatable bonds is 4. The Morgan fingerprint density at radius 3 is 1.88 bits per heavy atom. The lowest BCUT2D eigenvalue weighted by molar-refractivity contribution is 0.0619. The van der Waals surface area contributed by atoms with Gasteiger partial charge in [-0.1, -0.05) is 32.6 Å². The molecule has 0 rings (SSSR count). The van der Waals surface area contributed by atoms with Gasteiger partial charge in [-0.2, -0.15) is 0 Å². The first kappa shape index (κ1) is 15.5. The van der Waals surface area contributed by atoms with Crippen molar-refractivity contribution in [1.29, 1.82) is 0 Å². The Kier molecular flexibility index (Phi) is 5.52. The van der Waals surface area contributed by atoms with Gasteiger partial charge in [0.05, 0.1) is 5.60 Å². The van der Waals surface area contributed by atoms with Gasteiger partial charge in [0.25, 0.3) is 0 Å². The van der Waals surface area contributed by atoms with Crippen LogP contribution in [0.15, 0.2) is 0 Å². The summed E-state index contributed by atoms with van der Waals surface area (Å²) in [6.45, 7) is 11.4. The SMILES string of the molecule is CC(C)CC(C)(O)C#CC(C)CC(C)(C)O. The maximum Gasteiger partial charge on any atom is 0.123 e. The Labute approximate surface area is 100 Å². The molecule has 0 aromatic carbocycles. The van der Waals surface area contributed by atoms with Gasteiger partial charge >= 0.3 is 0 Å². The largest absolute Gasteiger partial charge is 0.390 e. The molecule has 0 aliphatic carbocycles. The fraction of sp³-hybridized carbons (Fsp3) is 0.857. The number of aliphatic hydroxyl groups is 2. The molecule has 0 saturated carbocycles. The molecule has 0 fully saturated rings. The topological polar surface area (TPSA) is 40.5 Å². The monoisotopic (exact) mass is 226 g/mol. The van der Waals surface area contributed by atoms with Gasteiger partial charge < -0.3 is 10.2 Å². The van der Waals surface area contributed by atoms with Crippen LogP contribution in [0, 0.1) is 23.7 Å². The number of hydrogen-bond acceptors (Lipinski definition) is 2. The van der Waals surface area contributed by atoms with E-state index in [4.69, 9.17) is 0 Å². The highest BCUT2D eigenvalue weighted by molar-refractivity contribution is 5.14. The standard InChI is InChI=1S/C14H26O2/c1-11(2)9-14(6,16)8-7-12(3)10-13(4,5)15/h11-12,15-16H,9-10H2,1-6H3. The van der Waals surface area contributed by atoms with Crippen molar-refractivity contribution in [2.24, 2.45) is 11.8 Å². The van der Waals surface area contributed by atoms with Crippen LogP contribution in [0.2, 0.25) is 0 Å². The summed E-state index contributed by atoms with van der Waals surface area (Å²) in [4.78, 5) is 0. The number of hydrogen-bond donors (Lipinski definition) is 2. The van der Waals surface area contributed by atoms with Crippen LogP contribution in [0.4, 0.5) is 0 Å². The maximum absolute atomic E-state index is 10.00. The van der Waals surface area contributed by atoms with E-state index >= 15 is 0 Å². The van der Waals surface area contributed by atoms with Crippen molar-refractivity contribution in [2.75, 3.05) is 0 Å². The highest BCUT2D eigenvalue weighted by Crippen LogP contribution is 2.17. The molecule has 16 heavy (non-hydrogen) atoms. The van der Waals surface area contributed by atoms with Gasteiger partial charge in [0.2, 0.25) is 0 Å². The minimum atomic E-state index is -0.915. The summed E-state index contributed by atoms with van der Waals surface area (Å²) in [5.41, 5.74) is -1.61. The molecular formula is C14H26O2. The van der Waals surface area contributed by atoms with E-state index in [1.807, 2.05) is 6.92 Å². The van der Waals surface area contributed by atoms with Crippen molar-refractivity contribution in [2.45, 2.75) is 65.6 Å². The van der Waals surface area contributed by atoms with E-state index in [1.165, 1.54) is 0 Å². The van der Waals surface area contributed by atoms with E-state index in [-0.39, 0.29) is 5.92 Å². The third-order valence-corrected chi connectivity index (χ3v) is 2.20. The first-order valence-corrected chi connectivity index (χ1v) is 5.99. The molecule has 0 radical (unpaired) electrons. The van der Waals surface area contributed by atoms with Gasteiger partial charge in [0, 0.05) is 5.92 Å². The van der Waals surface area contributed by atoms with Crippen LogP contribution in [0.3, 0.4) is 0 Å². The molecule has 0 aliphatic heterocycles. The van der Waals surface area contributed by atoms with Gasteiger partial charge in [-0.05, 0) is 39.5 Å². The van der Waals surface area contributed by atoms with Crippen LogP contribution in [-0.2, 0) is 0 Å². The van der Waals surface area contributed by atoms with Gasteiger partial charge in [-0.25, -0.2) is 0 Å². The molecule has 0 saturated heterocycles. The first-order valence-electron chi connectivity index (χ1n) is 5.99. The normalized spacial score (nSPS) is 17.6. The van der Waals surface area contributed by atoms with Gasteiger partial charge in [-0.3, -0.25) is 0 Å². The highest BCUT2D eigenvalue weighted by atomic mass is 16.3. The average Bonchev–Trinajstić information content (AvgIpc) is 1.95. The Morgan fingerprint density at radius 2 is 1.50 bits per heavy atom. The second-order valence-electron chi connectivity index (χ2n) is 6.06. The van der Waals surface area contributed by atoms with Gasteiger partial charge in [0.1, 0.15) is 5.60 Å². The lowest BCUT2D eigenvalue weighted by Gasteiger charge is -2.21. The van der Waals surface area contributed by atoms with Crippen LogP contribution < -0.4 is 0 Å². The summed E-state index contributed by atoms with van der Waals surface area (Å²) < 4.78 is 0. The molecule has 0 aliphatic rings. The lowest BCUT2D eigenvalue weighted by atomic mass is 9.92. The Morgan fingerprint density at radius 1 is 1.00 bits per heavy atom. The molecule has 0 bridgehead atoms. The van der Waals surface area contributed by atoms with Crippen LogP contribution in [0.1, 0.15) is 54.4 Å². The molecule has 0 aromatic rings. The molecular weight excluding hydrogens is 200 g/mol. The zero-order valence-corrected chi connectivity index (χ0v) is 11.5. The summed E-state index contributed by atoms with van der Waals surface area (Å²) in [6.07, 6.45) is 1.30. The smallest absolute Gasteiger partial charge is 0.123 e. The Bertz CT molecular complexity index is 261. The molecule has 2 N–H and O–H groups in total. The second-order valence-corrected chi connectivity index (χ2v) is 6.06. The highest BCUT2D eigenvalue weighted by Gasteiger charge is 2.20. The van der Waals surface area contributed by atoms with Crippen molar-refractivity contribution in [3.63, 3.8) is 0 Å². The third-order valence-electron chi connectivity index (χ3n) is 2.20. The summed E-state index contributed by atoms with van der Waals surface area (Å²) in [5, 5.41) is 19.6. The van der Waals surface area contributed by atoms with E-state index in [9.17, 15) is 10.2 Å². The molecule has 0 spiro atoms. The Hall–Kier alpha value is -0.520. The van der Waals surface area contributed by atoms with Crippen molar-refractivity contribution in [3.05, 3.63) is 0 Å². The summed E-state index contributed by atoms with van der Waals surface area (Å²) in [5.74, 6) is 6.45. The van der Waals surface area contributed by atoms with Gasteiger partial charge in [-0.15, -0.1) is 0 Å². The van der Waals surface area contributed by atoms with E-state index in [1.54, 1.807) is 20.8 Å². The van der Waals surface area contributed by atoms with Crippen molar-refractivity contribution in [3.8, 4) is 11.8 Å². The summed E-state index contributed by atoms with van der Waals surface area (Å²) in [6, 6.07) is 0. The van der Waals surface area contributed by atoms with Gasteiger partial charge in [0.15, 0.2) is 0 Å². The molecule has 0 aromatic heterocycles. The minimum absolute atomic E-state index is 0.0960.